The highest BCUT2D eigenvalue weighted by molar-refractivity contribution is 4.92. The molecule has 1 saturated carbocycles. The Kier molecular flexibility index (Phi) is 6.23. The minimum absolute atomic E-state index is 0.0241. The molecular weight excluding hydrogens is 212 g/mol. The molecule has 0 aromatic rings. The topological polar surface area (TPSA) is 57.2 Å². The van der Waals surface area contributed by atoms with Crippen LogP contribution in [0.5, 0.6) is 0 Å². The van der Waals surface area contributed by atoms with Crippen molar-refractivity contribution in [1.29, 1.82) is 0 Å². The largest absolute Gasteiger partial charge is 0.390 e. The second-order valence-electron chi connectivity index (χ2n) is 4.07. The molecule has 0 bridgehead atoms. The van der Waals surface area contributed by atoms with Gasteiger partial charge in [0.15, 0.2) is 0 Å². The molecule has 1 aliphatic carbocycles. The van der Waals surface area contributed by atoms with Crippen molar-refractivity contribution < 1.29 is 24.1 Å². The molecule has 5 heteroatoms. The molecule has 0 spiro atoms. The van der Waals surface area contributed by atoms with Crippen LogP contribution in [0.4, 0.5) is 0 Å². The van der Waals surface area contributed by atoms with Crippen LogP contribution in [0.2, 0.25) is 0 Å². The van der Waals surface area contributed by atoms with Crippen LogP contribution >= 0.6 is 0 Å². The lowest BCUT2D eigenvalue weighted by Crippen LogP contribution is -2.55. The van der Waals surface area contributed by atoms with E-state index in [-0.39, 0.29) is 18.3 Å². The summed E-state index contributed by atoms with van der Waals surface area (Å²) < 4.78 is 21.0. The van der Waals surface area contributed by atoms with Crippen molar-refractivity contribution in [3.63, 3.8) is 0 Å². The van der Waals surface area contributed by atoms with E-state index in [2.05, 4.69) is 0 Å². The van der Waals surface area contributed by atoms with E-state index >= 15 is 0 Å². The van der Waals surface area contributed by atoms with Gasteiger partial charge in [0.25, 0.3) is 0 Å². The monoisotopic (exact) mass is 234 g/mol. The Balaban J connectivity index is 2.21. The van der Waals surface area contributed by atoms with Crippen LogP contribution in [-0.4, -0.2) is 63.6 Å². The molecule has 0 saturated heterocycles. The summed E-state index contributed by atoms with van der Waals surface area (Å²) in [4.78, 5) is 0. The number of aliphatic hydroxyl groups excluding tert-OH is 1. The first-order valence-electron chi connectivity index (χ1n) is 5.62. The van der Waals surface area contributed by atoms with Crippen LogP contribution < -0.4 is 0 Å². The number of rotatable bonds is 8. The molecule has 0 aromatic carbocycles. The van der Waals surface area contributed by atoms with Crippen molar-refractivity contribution in [2.45, 2.75) is 37.8 Å². The Morgan fingerprint density at radius 1 is 1.25 bits per heavy atom. The molecule has 0 amide bonds. The van der Waals surface area contributed by atoms with E-state index in [0.29, 0.717) is 26.2 Å². The zero-order valence-electron chi connectivity index (χ0n) is 10.2. The Hall–Kier alpha value is -0.200. The molecule has 4 unspecified atom stereocenters. The van der Waals surface area contributed by atoms with E-state index in [1.54, 1.807) is 14.2 Å². The van der Waals surface area contributed by atoms with Crippen molar-refractivity contribution in [3.05, 3.63) is 0 Å². The molecule has 1 N–H and O–H groups in total. The van der Waals surface area contributed by atoms with Gasteiger partial charge in [0.05, 0.1) is 38.1 Å². The minimum Gasteiger partial charge on any atom is -0.390 e. The summed E-state index contributed by atoms with van der Waals surface area (Å²) in [6.07, 6.45) is -0.0230. The maximum atomic E-state index is 9.54. The lowest BCUT2D eigenvalue weighted by molar-refractivity contribution is -0.212. The Morgan fingerprint density at radius 2 is 2.00 bits per heavy atom. The molecule has 0 aliphatic heterocycles. The quantitative estimate of drug-likeness (QED) is 0.608. The highest BCUT2D eigenvalue weighted by Crippen LogP contribution is 2.28. The van der Waals surface area contributed by atoms with E-state index in [1.165, 1.54) is 0 Å². The van der Waals surface area contributed by atoms with Gasteiger partial charge < -0.3 is 24.1 Å². The average molecular weight is 234 g/mol. The number of hydrogen-bond donors (Lipinski definition) is 1. The van der Waals surface area contributed by atoms with Crippen LogP contribution in [0.1, 0.15) is 13.3 Å². The van der Waals surface area contributed by atoms with Gasteiger partial charge in [-0.3, -0.25) is 0 Å². The van der Waals surface area contributed by atoms with E-state index in [9.17, 15) is 5.11 Å². The van der Waals surface area contributed by atoms with Gasteiger partial charge in [-0.15, -0.1) is 0 Å². The standard InChI is InChI=1S/C11H22O5/c1-8(7-14-3)16-10-6-9(12)11(10)15-5-4-13-2/h8-12H,4-7H2,1-3H3. The maximum Gasteiger partial charge on any atom is 0.110 e. The van der Waals surface area contributed by atoms with Gasteiger partial charge in [-0.05, 0) is 6.92 Å². The van der Waals surface area contributed by atoms with E-state index in [4.69, 9.17) is 18.9 Å². The summed E-state index contributed by atoms with van der Waals surface area (Å²) in [5.41, 5.74) is 0. The van der Waals surface area contributed by atoms with Crippen LogP contribution in [0.15, 0.2) is 0 Å². The smallest absolute Gasteiger partial charge is 0.110 e. The van der Waals surface area contributed by atoms with Crippen LogP contribution in [0.3, 0.4) is 0 Å². The Labute approximate surface area is 96.6 Å². The van der Waals surface area contributed by atoms with Crippen molar-refractivity contribution >= 4 is 0 Å². The third kappa shape index (κ3) is 3.99. The summed E-state index contributed by atoms with van der Waals surface area (Å²) in [7, 11) is 3.26. The fraction of sp³-hybridized carbons (Fsp3) is 1.00. The van der Waals surface area contributed by atoms with Gasteiger partial charge in [-0.2, -0.15) is 0 Å². The number of methoxy groups -OCH3 is 2. The first-order valence-corrected chi connectivity index (χ1v) is 5.62. The molecule has 0 aromatic heterocycles. The highest BCUT2D eigenvalue weighted by atomic mass is 16.6. The zero-order chi connectivity index (χ0) is 12.0. The molecule has 1 aliphatic rings. The van der Waals surface area contributed by atoms with Crippen LogP contribution in [0, 0.1) is 0 Å². The number of aliphatic hydroxyl groups is 1. The highest BCUT2D eigenvalue weighted by Gasteiger charge is 2.42. The first kappa shape index (κ1) is 13.9. The van der Waals surface area contributed by atoms with Crippen LogP contribution in [0.25, 0.3) is 0 Å². The second-order valence-corrected chi connectivity index (χ2v) is 4.07. The van der Waals surface area contributed by atoms with E-state index in [1.807, 2.05) is 6.92 Å². The lowest BCUT2D eigenvalue weighted by atomic mass is 9.88. The summed E-state index contributed by atoms with van der Waals surface area (Å²) in [6, 6.07) is 0. The predicted octanol–water partition coefficient (Wildman–Crippen LogP) is 0.203. The molecule has 0 heterocycles. The summed E-state index contributed by atoms with van der Waals surface area (Å²) >= 11 is 0. The molecule has 96 valence electrons. The van der Waals surface area contributed by atoms with Crippen molar-refractivity contribution in [3.8, 4) is 0 Å². The molecule has 16 heavy (non-hydrogen) atoms. The van der Waals surface area contributed by atoms with Crippen LogP contribution in [-0.2, 0) is 18.9 Å². The molecule has 0 radical (unpaired) electrons. The van der Waals surface area contributed by atoms with Gasteiger partial charge in [-0.1, -0.05) is 0 Å². The summed E-state index contributed by atoms with van der Waals surface area (Å²) in [5.74, 6) is 0. The fourth-order valence-corrected chi connectivity index (χ4v) is 1.75. The SMILES string of the molecule is COCCOC1C(O)CC1OC(C)COC. The Morgan fingerprint density at radius 3 is 2.56 bits per heavy atom. The Bertz CT molecular complexity index is 187. The minimum atomic E-state index is -0.420. The van der Waals surface area contributed by atoms with E-state index in [0.717, 1.165) is 0 Å². The zero-order valence-corrected chi connectivity index (χ0v) is 10.2. The molecule has 5 nitrogen and oxygen atoms in total. The first-order chi connectivity index (χ1) is 7.69. The van der Waals surface area contributed by atoms with Crippen molar-refractivity contribution in [2.24, 2.45) is 0 Å². The fourth-order valence-electron chi connectivity index (χ4n) is 1.75. The van der Waals surface area contributed by atoms with Gasteiger partial charge in [0.2, 0.25) is 0 Å². The molecule has 1 rings (SSSR count). The maximum absolute atomic E-state index is 9.54. The second kappa shape index (κ2) is 7.19. The van der Waals surface area contributed by atoms with Gasteiger partial charge in [-0.25, -0.2) is 0 Å². The number of ether oxygens (including phenoxy) is 4. The predicted molar refractivity (Wildman–Crippen MR) is 58.5 cm³/mol. The van der Waals surface area contributed by atoms with Gasteiger partial charge in [0.1, 0.15) is 6.10 Å². The van der Waals surface area contributed by atoms with Crippen molar-refractivity contribution in [1.82, 2.24) is 0 Å². The third-order valence-corrected chi connectivity index (χ3v) is 2.63. The third-order valence-electron chi connectivity index (χ3n) is 2.63. The van der Waals surface area contributed by atoms with Gasteiger partial charge >= 0.3 is 0 Å². The molecular formula is C11H22O5. The normalized spacial score (nSPS) is 31.1. The van der Waals surface area contributed by atoms with E-state index < -0.39 is 6.10 Å². The average Bonchev–Trinajstić information content (AvgIpc) is 2.24. The van der Waals surface area contributed by atoms with Gasteiger partial charge in [0, 0.05) is 20.6 Å². The van der Waals surface area contributed by atoms with Crippen molar-refractivity contribution in [2.75, 3.05) is 34.0 Å². The lowest BCUT2D eigenvalue weighted by Gasteiger charge is -2.42. The number of hydrogen-bond acceptors (Lipinski definition) is 5. The molecule has 4 atom stereocenters. The summed E-state index contributed by atoms with van der Waals surface area (Å²) in [6.45, 7) is 3.51. The molecule has 1 fully saturated rings. The summed E-state index contributed by atoms with van der Waals surface area (Å²) in [5, 5.41) is 9.54.